The van der Waals surface area contributed by atoms with Gasteiger partial charge in [0.1, 0.15) is 11.5 Å². The normalized spacial score (nSPS) is 10.9. The zero-order valence-corrected chi connectivity index (χ0v) is 15.2. The Bertz CT molecular complexity index is 1010. The second-order valence-electron chi connectivity index (χ2n) is 5.66. The average Bonchev–Trinajstić information content (AvgIpc) is 2.62. The third-order valence-electron chi connectivity index (χ3n) is 3.86. The van der Waals surface area contributed by atoms with Crippen LogP contribution in [-0.2, 0) is 0 Å². The highest BCUT2D eigenvalue weighted by atomic mass is 35.5. The molecule has 0 saturated heterocycles. The number of methoxy groups -OCH3 is 1. The Balaban J connectivity index is 1.87. The van der Waals surface area contributed by atoms with E-state index in [0.717, 1.165) is 10.9 Å². The molecule has 1 heterocycles. The van der Waals surface area contributed by atoms with Crippen molar-refractivity contribution in [2.24, 2.45) is 0 Å². The van der Waals surface area contributed by atoms with Crippen molar-refractivity contribution in [2.75, 3.05) is 12.4 Å². The number of halogens is 3. The van der Waals surface area contributed by atoms with Gasteiger partial charge in [-0.1, -0.05) is 11.6 Å². The second kappa shape index (κ2) is 7.75. The Kier molecular flexibility index (Phi) is 5.41. The van der Waals surface area contributed by atoms with Crippen molar-refractivity contribution in [3.8, 4) is 11.5 Å². The van der Waals surface area contributed by atoms with Crippen LogP contribution in [0.5, 0.6) is 11.5 Å². The van der Waals surface area contributed by atoms with Crippen LogP contribution in [-0.4, -0.2) is 24.6 Å². The maximum absolute atomic E-state index is 12.6. The summed E-state index contributed by atoms with van der Waals surface area (Å²) in [7, 11) is 1.56. The number of nitrogens with zero attached hydrogens (tertiary/aromatic N) is 1. The number of carbonyl (C=O) groups excluding carboxylic acids is 1. The van der Waals surface area contributed by atoms with Gasteiger partial charge in [0.05, 0.1) is 28.9 Å². The summed E-state index contributed by atoms with van der Waals surface area (Å²) in [6.07, 6.45) is 0. The summed E-state index contributed by atoms with van der Waals surface area (Å²) in [6, 6.07) is 11.1. The van der Waals surface area contributed by atoms with Gasteiger partial charge in [-0.3, -0.25) is 9.78 Å². The lowest BCUT2D eigenvalue weighted by molar-refractivity contribution is -0.0497. The fraction of sp³-hybridized carbons (Fsp3) is 0.158. The lowest BCUT2D eigenvalue weighted by Gasteiger charge is -2.11. The van der Waals surface area contributed by atoms with E-state index in [9.17, 15) is 13.6 Å². The summed E-state index contributed by atoms with van der Waals surface area (Å²) in [6.45, 7) is -1.25. The van der Waals surface area contributed by atoms with Crippen LogP contribution in [0.15, 0.2) is 42.5 Å². The molecule has 1 amide bonds. The summed E-state index contributed by atoms with van der Waals surface area (Å²) in [5.41, 5.74) is 2.01. The minimum absolute atomic E-state index is 0.0359. The van der Waals surface area contributed by atoms with Crippen molar-refractivity contribution in [1.82, 2.24) is 4.98 Å². The first-order valence-corrected chi connectivity index (χ1v) is 8.26. The van der Waals surface area contributed by atoms with Crippen LogP contribution in [0.25, 0.3) is 10.9 Å². The summed E-state index contributed by atoms with van der Waals surface area (Å²) in [5.74, 6) is 0.0875. The maximum atomic E-state index is 12.6. The number of carbonyl (C=O) groups is 1. The number of pyridine rings is 1. The molecule has 1 aromatic heterocycles. The molecule has 27 heavy (non-hydrogen) atoms. The van der Waals surface area contributed by atoms with Crippen molar-refractivity contribution in [3.63, 3.8) is 0 Å². The zero-order chi connectivity index (χ0) is 19.6. The Morgan fingerprint density at radius 2 is 1.96 bits per heavy atom. The van der Waals surface area contributed by atoms with Gasteiger partial charge in [0.25, 0.3) is 5.91 Å². The summed E-state index contributed by atoms with van der Waals surface area (Å²) < 4.78 is 34.1. The number of hydrogen-bond donors (Lipinski definition) is 1. The maximum Gasteiger partial charge on any atom is 0.387 e. The van der Waals surface area contributed by atoms with E-state index in [1.54, 1.807) is 32.2 Å². The number of alkyl halides is 2. The third kappa shape index (κ3) is 4.25. The monoisotopic (exact) mass is 392 g/mol. The molecule has 0 atom stereocenters. The minimum atomic E-state index is -2.98. The van der Waals surface area contributed by atoms with Gasteiger partial charge in [0, 0.05) is 11.1 Å². The predicted molar refractivity (Wildman–Crippen MR) is 99.1 cm³/mol. The van der Waals surface area contributed by atoms with Crippen LogP contribution in [0.1, 0.15) is 16.1 Å². The molecular formula is C19H15ClF2N2O3. The first-order chi connectivity index (χ1) is 12.9. The van der Waals surface area contributed by atoms with Crippen LogP contribution in [0.3, 0.4) is 0 Å². The SMILES string of the molecule is COc1ccc2nc(C)c(C(=O)Nc3ccc(OC(F)F)c(Cl)c3)cc2c1. The molecule has 1 N–H and O–H groups in total. The number of rotatable bonds is 5. The van der Waals surface area contributed by atoms with E-state index in [-0.39, 0.29) is 10.8 Å². The smallest absolute Gasteiger partial charge is 0.387 e. The van der Waals surface area contributed by atoms with Gasteiger partial charge in [-0.15, -0.1) is 0 Å². The lowest BCUT2D eigenvalue weighted by Crippen LogP contribution is -2.14. The molecule has 0 aliphatic carbocycles. The van der Waals surface area contributed by atoms with Gasteiger partial charge < -0.3 is 14.8 Å². The van der Waals surface area contributed by atoms with E-state index in [1.807, 2.05) is 6.07 Å². The van der Waals surface area contributed by atoms with Gasteiger partial charge in [0.15, 0.2) is 0 Å². The highest BCUT2D eigenvalue weighted by Crippen LogP contribution is 2.29. The van der Waals surface area contributed by atoms with Crippen molar-refractivity contribution >= 4 is 34.1 Å². The highest BCUT2D eigenvalue weighted by Gasteiger charge is 2.14. The molecule has 0 radical (unpaired) electrons. The predicted octanol–water partition coefficient (Wildman–Crippen LogP) is 5.06. The quantitative estimate of drug-likeness (QED) is 0.659. The number of ether oxygens (including phenoxy) is 2. The molecule has 8 heteroatoms. The van der Waals surface area contributed by atoms with Gasteiger partial charge in [0.2, 0.25) is 0 Å². The molecule has 2 aromatic carbocycles. The summed E-state index contributed by atoms with van der Waals surface area (Å²) in [5, 5.41) is 3.39. The van der Waals surface area contributed by atoms with E-state index >= 15 is 0 Å². The first kappa shape index (κ1) is 18.8. The number of nitrogens with one attached hydrogen (secondary N) is 1. The number of aromatic nitrogens is 1. The van der Waals surface area contributed by atoms with Crippen LogP contribution >= 0.6 is 11.6 Å². The Morgan fingerprint density at radius 1 is 1.19 bits per heavy atom. The second-order valence-corrected chi connectivity index (χ2v) is 6.07. The number of hydrogen-bond acceptors (Lipinski definition) is 4. The molecule has 0 fully saturated rings. The molecule has 5 nitrogen and oxygen atoms in total. The fourth-order valence-electron chi connectivity index (χ4n) is 2.58. The number of amides is 1. The minimum Gasteiger partial charge on any atom is -0.497 e. The standard InChI is InChI=1S/C19H15ClF2N2O3/c1-10-14(8-11-7-13(26-2)4-5-16(11)23-10)18(25)24-12-3-6-17(15(20)9-12)27-19(21)22/h3-9,19H,1-2H3,(H,24,25). The Hall–Kier alpha value is -2.93. The van der Waals surface area contributed by atoms with Crippen molar-refractivity contribution < 1.29 is 23.0 Å². The molecule has 0 bridgehead atoms. The molecule has 3 aromatic rings. The number of aryl methyl sites for hydroxylation is 1. The van der Waals surface area contributed by atoms with Gasteiger partial charge in [-0.05, 0) is 49.4 Å². The molecule has 3 rings (SSSR count). The van der Waals surface area contributed by atoms with E-state index in [1.165, 1.54) is 18.2 Å². The number of anilines is 1. The van der Waals surface area contributed by atoms with E-state index in [0.29, 0.717) is 22.7 Å². The van der Waals surface area contributed by atoms with Gasteiger partial charge >= 0.3 is 6.61 Å². The van der Waals surface area contributed by atoms with Crippen LogP contribution in [0.4, 0.5) is 14.5 Å². The Morgan fingerprint density at radius 3 is 2.63 bits per heavy atom. The average molecular weight is 393 g/mol. The topological polar surface area (TPSA) is 60.5 Å². The molecule has 0 aliphatic rings. The molecule has 0 saturated carbocycles. The first-order valence-electron chi connectivity index (χ1n) is 7.88. The number of benzene rings is 2. The summed E-state index contributed by atoms with van der Waals surface area (Å²) in [4.78, 5) is 17.1. The Labute approximate surface area is 158 Å². The van der Waals surface area contributed by atoms with Crippen molar-refractivity contribution in [1.29, 1.82) is 0 Å². The molecule has 0 spiro atoms. The molecular weight excluding hydrogens is 378 g/mol. The van der Waals surface area contributed by atoms with E-state index in [2.05, 4.69) is 15.0 Å². The third-order valence-corrected chi connectivity index (χ3v) is 4.16. The van der Waals surface area contributed by atoms with Crippen LogP contribution in [0, 0.1) is 6.92 Å². The molecule has 140 valence electrons. The van der Waals surface area contributed by atoms with Gasteiger partial charge in [-0.2, -0.15) is 8.78 Å². The van der Waals surface area contributed by atoms with Crippen molar-refractivity contribution in [2.45, 2.75) is 13.5 Å². The van der Waals surface area contributed by atoms with E-state index in [4.69, 9.17) is 16.3 Å². The van der Waals surface area contributed by atoms with E-state index < -0.39 is 12.5 Å². The summed E-state index contributed by atoms with van der Waals surface area (Å²) >= 11 is 5.91. The van der Waals surface area contributed by atoms with Gasteiger partial charge in [-0.25, -0.2) is 0 Å². The molecule has 0 unspecified atom stereocenters. The van der Waals surface area contributed by atoms with Crippen LogP contribution < -0.4 is 14.8 Å². The van der Waals surface area contributed by atoms with Crippen molar-refractivity contribution in [3.05, 3.63) is 58.7 Å². The lowest BCUT2D eigenvalue weighted by atomic mass is 10.1. The molecule has 0 aliphatic heterocycles. The zero-order valence-electron chi connectivity index (χ0n) is 14.4. The fourth-order valence-corrected chi connectivity index (χ4v) is 2.80. The van der Waals surface area contributed by atoms with Crippen LogP contribution in [0.2, 0.25) is 5.02 Å². The number of fused-ring (bicyclic) bond motifs is 1. The largest absolute Gasteiger partial charge is 0.497 e. The highest BCUT2D eigenvalue weighted by molar-refractivity contribution is 6.32.